The summed E-state index contributed by atoms with van der Waals surface area (Å²) < 4.78 is 5.47. The summed E-state index contributed by atoms with van der Waals surface area (Å²) in [5.41, 5.74) is 0. The van der Waals surface area contributed by atoms with Gasteiger partial charge in [-0.05, 0) is 20.3 Å². The first-order valence-corrected chi connectivity index (χ1v) is 6.27. The number of carboxylic acid groups (broad SMARTS) is 1. The largest absolute Gasteiger partial charge is 0.481 e. The average Bonchev–Trinajstić information content (AvgIpc) is 2.30. The highest BCUT2D eigenvalue weighted by molar-refractivity contribution is 5.74. The third-order valence-electron chi connectivity index (χ3n) is 3.06. The number of carboxylic acids is 1. The van der Waals surface area contributed by atoms with Gasteiger partial charge in [0.25, 0.3) is 0 Å². The van der Waals surface area contributed by atoms with E-state index in [1.807, 2.05) is 13.8 Å². The summed E-state index contributed by atoms with van der Waals surface area (Å²) in [6, 6.07) is 0.0127. The molecule has 2 amide bonds. The van der Waals surface area contributed by atoms with Crippen molar-refractivity contribution in [2.75, 3.05) is 26.7 Å². The van der Waals surface area contributed by atoms with E-state index in [0.717, 1.165) is 0 Å². The number of urea groups is 1. The van der Waals surface area contributed by atoms with Crippen LogP contribution in [0.2, 0.25) is 0 Å². The normalized spacial score (nSPS) is 23.8. The molecule has 0 aromatic carbocycles. The molecule has 0 aliphatic carbocycles. The van der Waals surface area contributed by atoms with E-state index in [1.165, 1.54) is 0 Å². The number of morpholine rings is 1. The number of carbonyl (C=O) groups excluding carboxylic acids is 1. The van der Waals surface area contributed by atoms with Gasteiger partial charge in [0.05, 0.1) is 18.8 Å². The Labute approximate surface area is 107 Å². The van der Waals surface area contributed by atoms with Crippen LogP contribution in [0.5, 0.6) is 0 Å². The molecular formula is C12H22N2O4. The van der Waals surface area contributed by atoms with Gasteiger partial charge in [0.15, 0.2) is 0 Å². The van der Waals surface area contributed by atoms with Crippen LogP contribution in [0.1, 0.15) is 26.7 Å². The zero-order chi connectivity index (χ0) is 13.7. The summed E-state index contributed by atoms with van der Waals surface area (Å²) in [5.74, 6) is -0.829. The van der Waals surface area contributed by atoms with E-state index in [4.69, 9.17) is 9.84 Å². The highest BCUT2D eigenvalue weighted by Gasteiger charge is 2.29. The lowest BCUT2D eigenvalue weighted by Crippen LogP contribution is -2.54. The zero-order valence-electron chi connectivity index (χ0n) is 11.3. The van der Waals surface area contributed by atoms with E-state index in [0.29, 0.717) is 26.1 Å². The van der Waals surface area contributed by atoms with Crippen molar-refractivity contribution >= 4 is 12.0 Å². The van der Waals surface area contributed by atoms with Crippen LogP contribution in [0.25, 0.3) is 0 Å². The zero-order valence-corrected chi connectivity index (χ0v) is 11.3. The summed E-state index contributed by atoms with van der Waals surface area (Å²) in [6.07, 6.45) is 0.621. The molecule has 0 saturated carbocycles. The van der Waals surface area contributed by atoms with Crippen LogP contribution in [0.4, 0.5) is 4.79 Å². The fourth-order valence-corrected chi connectivity index (χ4v) is 1.95. The van der Waals surface area contributed by atoms with Gasteiger partial charge in [-0.15, -0.1) is 0 Å². The minimum absolute atomic E-state index is 0.0527. The number of ether oxygens (including phenoxy) is 1. The summed E-state index contributed by atoms with van der Waals surface area (Å²) in [4.78, 5) is 26.0. The van der Waals surface area contributed by atoms with Gasteiger partial charge >= 0.3 is 12.0 Å². The van der Waals surface area contributed by atoms with E-state index in [1.54, 1.807) is 16.8 Å². The molecule has 2 atom stereocenters. The topological polar surface area (TPSA) is 70.1 Å². The first kappa shape index (κ1) is 14.8. The summed E-state index contributed by atoms with van der Waals surface area (Å²) in [5, 5.41) is 8.56. The molecule has 0 bridgehead atoms. The molecule has 1 aliphatic heterocycles. The predicted molar refractivity (Wildman–Crippen MR) is 66.5 cm³/mol. The number of carbonyl (C=O) groups is 2. The molecule has 0 radical (unpaired) electrons. The maximum atomic E-state index is 12.2. The van der Waals surface area contributed by atoms with Gasteiger partial charge in [-0.2, -0.15) is 0 Å². The van der Waals surface area contributed by atoms with Crippen molar-refractivity contribution in [1.82, 2.24) is 9.80 Å². The fraction of sp³-hybridized carbons (Fsp3) is 0.833. The lowest BCUT2D eigenvalue weighted by atomic mass is 10.2. The molecule has 1 saturated heterocycles. The Hall–Kier alpha value is -1.30. The molecule has 1 heterocycles. The second-order valence-corrected chi connectivity index (χ2v) is 4.85. The van der Waals surface area contributed by atoms with Crippen molar-refractivity contribution < 1.29 is 19.4 Å². The summed E-state index contributed by atoms with van der Waals surface area (Å²) in [7, 11) is 1.71. The summed E-state index contributed by atoms with van der Waals surface area (Å²) in [6.45, 7) is 5.49. The van der Waals surface area contributed by atoms with Crippen LogP contribution >= 0.6 is 0 Å². The van der Waals surface area contributed by atoms with Crippen LogP contribution in [-0.4, -0.2) is 65.8 Å². The molecule has 1 fully saturated rings. The Morgan fingerprint density at radius 2 is 2.11 bits per heavy atom. The van der Waals surface area contributed by atoms with Crippen molar-refractivity contribution in [3.8, 4) is 0 Å². The molecule has 1 N–H and O–H groups in total. The van der Waals surface area contributed by atoms with E-state index in [-0.39, 0.29) is 24.6 Å². The standard InChI is InChI=1S/C12H22N2O4/c1-9-8-18-10(2)7-14(9)12(17)13(3)6-4-5-11(15)16/h9-10H,4-8H2,1-3H3,(H,15,16). The highest BCUT2D eigenvalue weighted by atomic mass is 16.5. The molecule has 0 aromatic heterocycles. The molecule has 1 rings (SSSR count). The van der Waals surface area contributed by atoms with E-state index in [9.17, 15) is 9.59 Å². The van der Waals surface area contributed by atoms with E-state index < -0.39 is 5.97 Å². The molecule has 18 heavy (non-hydrogen) atoms. The van der Waals surface area contributed by atoms with Crippen molar-refractivity contribution in [1.29, 1.82) is 0 Å². The molecule has 6 nitrogen and oxygen atoms in total. The van der Waals surface area contributed by atoms with Crippen molar-refractivity contribution in [3.05, 3.63) is 0 Å². The van der Waals surface area contributed by atoms with Gasteiger partial charge in [-0.1, -0.05) is 0 Å². The average molecular weight is 258 g/mol. The quantitative estimate of drug-likeness (QED) is 0.817. The lowest BCUT2D eigenvalue weighted by Gasteiger charge is -2.38. The van der Waals surface area contributed by atoms with Gasteiger partial charge < -0.3 is 19.6 Å². The van der Waals surface area contributed by atoms with E-state index in [2.05, 4.69) is 0 Å². The van der Waals surface area contributed by atoms with Crippen molar-refractivity contribution in [2.24, 2.45) is 0 Å². The van der Waals surface area contributed by atoms with Crippen LogP contribution in [0.15, 0.2) is 0 Å². The third kappa shape index (κ3) is 4.18. The second kappa shape index (κ2) is 6.58. The van der Waals surface area contributed by atoms with Crippen LogP contribution in [-0.2, 0) is 9.53 Å². The van der Waals surface area contributed by atoms with Gasteiger partial charge in [-0.3, -0.25) is 4.79 Å². The lowest BCUT2D eigenvalue weighted by molar-refractivity contribution is -0.137. The minimum Gasteiger partial charge on any atom is -0.481 e. The number of hydrogen-bond acceptors (Lipinski definition) is 3. The molecule has 0 aromatic rings. The fourth-order valence-electron chi connectivity index (χ4n) is 1.95. The van der Waals surface area contributed by atoms with Crippen molar-refractivity contribution in [2.45, 2.75) is 38.8 Å². The third-order valence-corrected chi connectivity index (χ3v) is 3.06. The maximum absolute atomic E-state index is 12.2. The first-order valence-electron chi connectivity index (χ1n) is 6.27. The second-order valence-electron chi connectivity index (χ2n) is 4.85. The first-order chi connectivity index (χ1) is 8.41. The van der Waals surface area contributed by atoms with Gasteiger partial charge in [-0.25, -0.2) is 4.79 Å². The Bertz CT molecular complexity index is 308. The number of rotatable bonds is 4. The summed E-state index contributed by atoms with van der Waals surface area (Å²) >= 11 is 0. The number of nitrogens with zero attached hydrogens (tertiary/aromatic N) is 2. The van der Waals surface area contributed by atoms with Crippen LogP contribution in [0.3, 0.4) is 0 Å². The smallest absolute Gasteiger partial charge is 0.320 e. The Morgan fingerprint density at radius 1 is 1.44 bits per heavy atom. The maximum Gasteiger partial charge on any atom is 0.320 e. The van der Waals surface area contributed by atoms with Gasteiger partial charge in [0, 0.05) is 26.6 Å². The predicted octanol–water partition coefficient (Wildman–Crippen LogP) is 1.01. The van der Waals surface area contributed by atoms with Crippen molar-refractivity contribution in [3.63, 3.8) is 0 Å². The minimum atomic E-state index is -0.829. The highest BCUT2D eigenvalue weighted by Crippen LogP contribution is 2.13. The molecule has 1 aliphatic rings. The van der Waals surface area contributed by atoms with Crippen LogP contribution < -0.4 is 0 Å². The van der Waals surface area contributed by atoms with Crippen LogP contribution in [0, 0.1) is 0 Å². The number of aliphatic carboxylic acids is 1. The Kier molecular flexibility index (Phi) is 5.40. The molecule has 2 unspecified atom stereocenters. The Morgan fingerprint density at radius 3 is 2.72 bits per heavy atom. The monoisotopic (exact) mass is 258 g/mol. The van der Waals surface area contributed by atoms with Gasteiger partial charge in [0.1, 0.15) is 0 Å². The number of hydrogen-bond donors (Lipinski definition) is 1. The molecule has 104 valence electrons. The molecular weight excluding hydrogens is 236 g/mol. The van der Waals surface area contributed by atoms with E-state index >= 15 is 0 Å². The number of amides is 2. The van der Waals surface area contributed by atoms with Gasteiger partial charge in [0.2, 0.25) is 0 Å². The molecule has 0 spiro atoms. The Balaban J connectivity index is 2.43. The molecule has 6 heteroatoms. The SMILES string of the molecule is CC1CN(C(=O)N(C)CCCC(=O)O)C(C)CO1.